The summed E-state index contributed by atoms with van der Waals surface area (Å²) >= 11 is 1.44. The topological polar surface area (TPSA) is 61.6 Å². The summed E-state index contributed by atoms with van der Waals surface area (Å²) in [5.41, 5.74) is 0. The fourth-order valence-corrected chi connectivity index (χ4v) is 0.922. The van der Waals surface area contributed by atoms with Crippen molar-refractivity contribution in [3.8, 4) is 6.19 Å². The van der Waals surface area contributed by atoms with Gasteiger partial charge in [-0.2, -0.15) is 5.26 Å². The highest BCUT2D eigenvalue weighted by atomic mass is 32.2. The quantitative estimate of drug-likeness (QED) is 0.308. The lowest BCUT2D eigenvalue weighted by molar-refractivity contribution is 0.976. The second kappa shape index (κ2) is 3.78. The Bertz CT molecular complexity index is 280. The molecule has 1 aromatic rings. The number of thioether (sulfide) groups is 1. The monoisotopic (exact) mass is 166 g/mol. The first-order valence-electron chi connectivity index (χ1n) is 2.89. The number of anilines is 1. The van der Waals surface area contributed by atoms with Crippen molar-refractivity contribution in [2.45, 2.75) is 5.16 Å². The van der Waals surface area contributed by atoms with Crippen LogP contribution in [0.1, 0.15) is 0 Å². The molecule has 0 atom stereocenters. The SMILES string of the molecule is CSc1nccc(NC#N)n1. The molecule has 0 aliphatic rings. The van der Waals surface area contributed by atoms with E-state index < -0.39 is 0 Å². The number of nitrogens with one attached hydrogen (secondary N) is 1. The van der Waals surface area contributed by atoms with Gasteiger partial charge in [0.25, 0.3) is 0 Å². The number of nitriles is 1. The van der Waals surface area contributed by atoms with Crippen molar-refractivity contribution in [1.29, 1.82) is 5.26 Å². The average molecular weight is 166 g/mol. The van der Waals surface area contributed by atoms with Gasteiger partial charge in [0.1, 0.15) is 5.82 Å². The average Bonchev–Trinajstić information content (AvgIpc) is 2.06. The molecular formula is C6H6N4S. The molecule has 0 amide bonds. The van der Waals surface area contributed by atoms with Crippen LogP contribution in [-0.4, -0.2) is 16.2 Å². The van der Waals surface area contributed by atoms with Crippen LogP contribution >= 0.6 is 11.8 Å². The molecule has 5 heteroatoms. The summed E-state index contributed by atoms with van der Waals surface area (Å²) in [6.45, 7) is 0. The van der Waals surface area contributed by atoms with E-state index in [4.69, 9.17) is 5.26 Å². The molecule has 0 saturated heterocycles. The number of hydrogen-bond acceptors (Lipinski definition) is 5. The standard InChI is InChI=1S/C6H6N4S/c1-11-6-8-3-2-5(10-6)9-4-7/h2-3H,1H3,(H,8,9,10). The van der Waals surface area contributed by atoms with Crippen LogP contribution in [0.15, 0.2) is 17.4 Å². The maximum absolute atomic E-state index is 8.25. The van der Waals surface area contributed by atoms with E-state index in [1.54, 1.807) is 18.5 Å². The summed E-state index contributed by atoms with van der Waals surface area (Å²) in [7, 11) is 0. The molecule has 0 aliphatic carbocycles. The fourth-order valence-electron chi connectivity index (χ4n) is 0.566. The van der Waals surface area contributed by atoms with E-state index in [0.717, 1.165) is 0 Å². The van der Waals surface area contributed by atoms with E-state index in [9.17, 15) is 0 Å². The smallest absolute Gasteiger partial charge is 0.189 e. The van der Waals surface area contributed by atoms with E-state index >= 15 is 0 Å². The highest BCUT2D eigenvalue weighted by Crippen LogP contribution is 2.09. The van der Waals surface area contributed by atoms with E-state index in [-0.39, 0.29) is 0 Å². The van der Waals surface area contributed by atoms with E-state index in [0.29, 0.717) is 11.0 Å². The summed E-state index contributed by atoms with van der Waals surface area (Å²) in [5.74, 6) is 0.534. The van der Waals surface area contributed by atoms with Gasteiger partial charge in [0.05, 0.1) is 0 Å². The van der Waals surface area contributed by atoms with Gasteiger partial charge in [0, 0.05) is 6.20 Å². The third-order valence-corrected chi connectivity index (χ3v) is 1.56. The van der Waals surface area contributed by atoms with Gasteiger partial charge in [0.15, 0.2) is 11.3 Å². The number of aromatic nitrogens is 2. The summed E-state index contributed by atoms with van der Waals surface area (Å²) in [6, 6.07) is 1.64. The van der Waals surface area contributed by atoms with Crippen molar-refractivity contribution < 1.29 is 0 Å². The van der Waals surface area contributed by atoms with Crippen molar-refractivity contribution in [2.75, 3.05) is 11.6 Å². The first-order chi connectivity index (χ1) is 5.36. The Balaban J connectivity index is 2.84. The fraction of sp³-hybridized carbons (Fsp3) is 0.167. The second-order valence-electron chi connectivity index (χ2n) is 1.67. The van der Waals surface area contributed by atoms with Crippen LogP contribution in [0.3, 0.4) is 0 Å². The molecule has 0 aromatic carbocycles. The van der Waals surface area contributed by atoms with Gasteiger partial charge in [-0.25, -0.2) is 9.97 Å². The van der Waals surface area contributed by atoms with E-state index in [1.165, 1.54) is 11.8 Å². The molecule has 0 spiro atoms. The van der Waals surface area contributed by atoms with Gasteiger partial charge in [-0.05, 0) is 12.3 Å². The Morgan fingerprint density at radius 3 is 3.18 bits per heavy atom. The highest BCUT2D eigenvalue weighted by Gasteiger charge is 1.94. The predicted molar refractivity (Wildman–Crippen MR) is 43.0 cm³/mol. The largest absolute Gasteiger partial charge is 0.277 e. The zero-order valence-electron chi connectivity index (χ0n) is 5.90. The summed E-state index contributed by atoms with van der Waals surface area (Å²) in [5, 5.41) is 11.3. The van der Waals surface area contributed by atoms with Crippen molar-refractivity contribution in [3.05, 3.63) is 12.3 Å². The number of nitrogens with zero attached hydrogens (tertiary/aromatic N) is 3. The van der Waals surface area contributed by atoms with Crippen LogP contribution in [0.5, 0.6) is 0 Å². The minimum Gasteiger partial charge on any atom is -0.277 e. The van der Waals surface area contributed by atoms with E-state index in [1.807, 2.05) is 6.26 Å². The summed E-state index contributed by atoms with van der Waals surface area (Å²) in [4.78, 5) is 7.94. The van der Waals surface area contributed by atoms with Crippen LogP contribution in [-0.2, 0) is 0 Å². The lowest BCUT2D eigenvalue weighted by Crippen LogP contribution is -1.93. The molecule has 4 nitrogen and oxygen atoms in total. The van der Waals surface area contributed by atoms with Crippen LogP contribution in [0.2, 0.25) is 0 Å². The zero-order chi connectivity index (χ0) is 8.10. The van der Waals surface area contributed by atoms with Gasteiger partial charge < -0.3 is 0 Å². The van der Waals surface area contributed by atoms with Crippen LogP contribution in [0.4, 0.5) is 5.82 Å². The van der Waals surface area contributed by atoms with Gasteiger partial charge in [-0.15, -0.1) is 0 Å². The van der Waals surface area contributed by atoms with Gasteiger partial charge >= 0.3 is 0 Å². The van der Waals surface area contributed by atoms with Gasteiger partial charge in [-0.1, -0.05) is 11.8 Å². The van der Waals surface area contributed by atoms with Crippen LogP contribution in [0.25, 0.3) is 0 Å². The molecule has 1 N–H and O–H groups in total. The van der Waals surface area contributed by atoms with Crippen LogP contribution < -0.4 is 5.32 Å². The third kappa shape index (κ3) is 2.09. The van der Waals surface area contributed by atoms with Crippen molar-refractivity contribution in [1.82, 2.24) is 9.97 Å². The molecule has 1 aromatic heterocycles. The molecule has 11 heavy (non-hydrogen) atoms. The Hall–Kier alpha value is -1.28. The lowest BCUT2D eigenvalue weighted by atomic mass is 10.6. The van der Waals surface area contributed by atoms with Gasteiger partial charge in [-0.3, -0.25) is 5.32 Å². The number of rotatable bonds is 2. The first kappa shape index (κ1) is 7.82. The molecule has 0 fully saturated rings. The Morgan fingerprint density at radius 1 is 1.73 bits per heavy atom. The molecule has 0 unspecified atom stereocenters. The Kier molecular flexibility index (Phi) is 2.69. The normalized spacial score (nSPS) is 8.73. The minimum absolute atomic E-state index is 0.534. The van der Waals surface area contributed by atoms with Crippen molar-refractivity contribution >= 4 is 17.6 Å². The second-order valence-corrected chi connectivity index (χ2v) is 2.44. The maximum Gasteiger partial charge on any atom is 0.189 e. The predicted octanol–water partition coefficient (Wildman–Crippen LogP) is 1.09. The Morgan fingerprint density at radius 2 is 2.55 bits per heavy atom. The third-order valence-electron chi connectivity index (χ3n) is 1.00. The first-order valence-corrected chi connectivity index (χ1v) is 4.11. The molecule has 0 saturated carbocycles. The molecule has 0 aliphatic heterocycles. The highest BCUT2D eigenvalue weighted by molar-refractivity contribution is 7.98. The molecule has 1 heterocycles. The molecule has 0 bridgehead atoms. The van der Waals surface area contributed by atoms with Crippen LogP contribution in [0, 0.1) is 11.5 Å². The summed E-state index contributed by atoms with van der Waals surface area (Å²) in [6.07, 6.45) is 5.28. The molecule has 56 valence electrons. The zero-order valence-corrected chi connectivity index (χ0v) is 6.72. The van der Waals surface area contributed by atoms with Gasteiger partial charge in [0.2, 0.25) is 0 Å². The van der Waals surface area contributed by atoms with Crippen molar-refractivity contribution in [3.63, 3.8) is 0 Å². The molecular weight excluding hydrogens is 160 g/mol. The minimum atomic E-state index is 0.534. The van der Waals surface area contributed by atoms with E-state index in [2.05, 4.69) is 15.3 Å². The lowest BCUT2D eigenvalue weighted by Gasteiger charge is -1.96. The maximum atomic E-state index is 8.25. The molecule has 1 rings (SSSR count). The van der Waals surface area contributed by atoms with Crippen molar-refractivity contribution in [2.24, 2.45) is 0 Å². The number of hydrogen-bond donors (Lipinski definition) is 1. The Labute approximate surface area is 68.7 Å². The molecule has 0 radical (unpaired) electrons. The summed E-state index contributed by atoms with van der Waals surface area (Å²) < 4.78 is 0.